The van der Waals surface area contributed by atoms with Crippen LogP contribution in [0.2, 0.25) is 5.15 Å². The van der Waals surface area contributed by atoms with E-state index < -0.39 is 12.0 Å². The molecule has 0 spiro atoms. The van der Waals surface area contributed by atoms with Gasteiger partial charge in [0.05, 0.1) is 7.11 Å². The molecule has 7 nitrogen and oxygen atoms in total. The summed E-state index contributed by atoms with van der Waals surface area (Å²) >= 11 is 6.83. The van der Waals surface area contributed by atoms with Gasteiger partial charge in [-0.25, -0.2) is 14.6 Å². The summed E-state index contributed by atoms with van der Waals surface area (Å²) in [6.45, 7) is 0.771. The van der Waals surface area contributed by atoms with E-state index in [1.807, 2.05) is 0 Å². The number of anilines is 1. The number of nitrogens with one attached hydrogen (secondary N) is 2. The third-order valence-electron chi connectivity index (χ3n) is 1.66. The molecule has 0 aliphatic rings. The van der Waals surface area contributed by atoms with E-state index in [0.717, 1.165) is 11.3 Å². The zero-order valence-electron chi connectivity index (χ0n) is 8.95. The molecular weight excluding hydrogens is 268 g/mol. The number of halogens is 1. The number of urea groups is 1. The topological polar surface area (TPSA) is 106 Å². The first kappa shape index (κ1) is 13.5. The van der Waals surface area contributed by atoms with Gasteiger partial charge in [0.25, 0.3) is 0 Å². The summed E-state index contributed by atoms with van der Waals surface area (Å²) < 4.78 is 4.53. The molecule has 9 heteroatoms. The van der Waals surface area contributed by atoms with E-state index in [2.05, 4.69) is 20.4 Å². The Morgan fingerprint density at radius 2 is 2.24 bits per heavy atom. The maximum absolute atomic E-state index is 11.2. The van der Waals surface area contributed by atoms with Crippen LogP contribution in [0.5, 0.6) is 0 Å². The predicted octanol–water partition coefficient (Wildman–Crippen LogP) is 0.663. The van der Waals surface area contributed by atoms with E-state index in [1.165, 1.54) is 7.11 Å². The van der Waals surface area contributed by atoms with Crippen molar-refractivity contribution in [2.45, 2.75) is 0 Å². The average molecular weight is 279 g/mol. The van der Waals surface area contributed by atoms with Crippen molar-refractivity contribution in [1.82, 2.24) is 10.3 Å². The van der Waals surface area contributed by atoms with Gasteiger partial charge in [0.15, 0.2) is 15.2 Å². The molecule has 4 N–H and O–H groups in total. The number of carbonyl (C=O) groups excluding carboxylic acids is 2. The first-order valence-electron chi connectivity index (χ1n) is 4.56. The van der Waals surface area contributed by atoms with E-state index in [-0.39, 0.29) is 10.0 Å². The smallest absolute Gasteiger partial charge is 0.351 e. The fourth-order valence-corrected chi connectivity index (χ4v) is 2.08. The number of rotatable bonds is 5. The molecule has 0 radical (unpaired) electrons. The first-order chi connectivity index (χ1) is 8.04. The Bertz CT molecular complexity index is 423. The minimum atomic E-state index is -0.598. The highest BCUT2D eigenvalue weighted by atomic mass is 35.5. The number of hydrogen-bond acceptors (Lipinski definition) is 6. The Balaban J connectivity index is 2.50. The highest BCUT2D eigenvalue weighted by molar-refractivity contribution is 7.18. The third kappa shape index (κ3) is 4.08. The van der Waals surface area contributed by atoms with Crippen molar-refractivity contribution in [3.05, 3.63) is 10.0 Å². The van der Waals surface area contributed by atoms with Crippen LogP contribution in [-0.4, -0.2) is 37.2 Å². The Morgan fingerprint density at radius 1 is 1.53 bits per heavy atom. The van der Waals surface area contributed by atoms with Crippen LogP contribution in [0.1, 0.15) is 9.67 Å². The molecule has 0 bridgehead atoms. The number of primary amides is 1. The molecule has 1 aromatic rings. The van der Waals surface area contributed by atoms with E-state index >= 15 is 0 Å². The van der Waals surface area contributed by atoms with Crippen LogP contribution < -0.4 is 16.4 Å². The van der Waals surface area contributed by atoms with Gasteiger partial charge in [0, 0.05) is 13.1 Å². The second kappa shape index (κ2) is 6.26. The van der Waals surface area contributed by atoms with Crippen molar-refractivity contribution in [1.29, 1.82) is 0 Å². The SMILES string of the molecule is COC(=O)c1sc(NCCNC(N)=O)nc1Cl. The number of hydrogen-bond donors (Lipinski definition) is 3. The summed E-state index contributed by atoms with van der Waals surface area (Å²) in [7, 11) is 1.27. The van der Waals surface area contributed by atoms with Gasteiger partial charge in [0.1, 0.15) is 0 Å². The van der Waals surface area contributed by atoms with Crippen LogP contribution in [0.4, 0.5) is 9.93 Å². The number of amides is 2. The fraction of sp³-hybridized carbons (Fsp3) is 0.375. The molecule has 0 saturated carbocycles. The fourth-order valence-electron chi connectivity index (χ4n) is 0.951. The summed E-state index contributed by atoms with van der Waals surface area (Å²) in [5.41, 5.74) is 4.88. The molecule has 0 saturated heterocycles. The molecule has 1 heterocycles. The molecule has 0 fully saturated rings. The Morgan fingerprint density at radius 3 is 2.82 bits per heavy atom. The number of nitrogens with zero attached hydrogens (tertiary/aromatic N) is 1. The number of methoxy groups -OCH3 is 1. The molecule has 0 aromatic carbocycles. The maximum atomic E-state index is 11.2. The summed E-state index contributed by atoms with van der Waals surface area (Å²) in [5, 5.41) is 5.85. The van der Waals surface area contributed by atoms with Crippen molar-refractivity contribution in [3.8, 4) is 0 Å². The highest BCUT2D eigenvalue weighted by Crippen LogP contribution is 2.27. The van der Waals surface area contributed by atoms with Gasteiger partial charge in [-0.05, 0) is 0 Å². The molecule has 0 atom stereocenters. The lowest BCUT2D eigenvalue weighted by Crippen LogP contribution is -2.33. The predicted molar refractivity (Wildman–Crippen MR) is 64.5 cm³/mol. The summed E-state index contributed by atoms with van der Waals surface area (Å²) in [6, 6.07) is -0.598. The lowest BCUT2D eigenvalue weighted by Gasteiger charge is -2.02. The number of carbonyl (C=O) groups is 2. The van der Waals surface area contributed by atoms with Crippen LogP contribution >= 0.6 is 22.9 Å². The minimum Gasteiger partial charge on any atom is -0.465 e. The zero-order valence-corrected chi connectivity index (χ0v) is 10.5. The molecule has 17 heavy (non-hydrogen) atoms. The van der Waals surface area contributed by atoms with Crippen LogP contribution in [0.3, 0.4) is 0 Å². The number of thiazole rings is 1. The van der Waals surface area contributed by atoms with Crippen LogP contribution in [-0.2, 0) is 4.74 Å². The Kier molecular flexibility index (Phi) is 4.98. The van der Waals surface area contributed by atoms with Crippen LogP contribution in [0, 0.1) is 0 Å². The average Bonchev–Trinajstić information content (AvgIpc) is 2.65. The summed E-state index contributed by atoms with van der Waals surface area (Å²) in [5.74, 6) is -0.532. The quantitative estimate of drug-likeness (QED) is 0.542. The van der Waals surface area contributed by atoms with Crippen molar-refractivity contribution in [3.63, 3.8) is 0 Å². The van der Waals surface area contributed by atoms with Crippen molar-refractivity contribution in [2.75, 3.05) is 25.5 Å². The molecule has 0 aliphatic heterocycles. The monoisotopic (exact) mass is 278 g/mol. The largest absolute Gasteiger partial charge is 0.465 e. The first-order valence-corrected chi connectivity index (χ1v) is 5.76. The van der Waals surface area contributed by atoms with E-state index in [0.29, 0.717) is 18.2 Å². The minimum absolute atomic E-state index is 0.0900. The molecule has 2 amide bonds. The molecule has 1 rings (SSSR count). The van der Waals surface area contributed by atoms with Gasteiger partial charge in [-0.3, -0.25) is 0 Å². The Labute approximate surface area is 106 Å². The number of nitrogens with two attached hydrogens (primary N) is 1. The number of ether oxygens (including phenoxy) is 1. The third-order valence-corrected chi connectivity index (χ3v) is 3.04. The molecule has 0 aliphatic carbocycles. The summed E-state index contributed by atoms with van der Waals surface area (Å²) in [6.07, 6.45) is 0. The van der Waals surface area contributed by atoms with Gasteiger partial charge < -0.3 is 21.1 Å². The molecule has 94 valence electrons. The van der Waals surface area contributed by atoms with Gasteiger partial charge >= 0.3 is 12.0 Å². The second-order valence-electron chi connectivity index (χ2n) is 2.85. The summed E-state index contributed by atoms with van der Waals surface area (Å²) in [4.78, 5) is 25.8. The van der Waals surface area contributed by atoms with E-state index in [4.69, 9.17) is 17.3 Å². The number of esters is 1. The lowest BCUT2D eigenvalue weighted by molar-refractivity contribution is 0.0606. The number of aromatic nitrogens is 1. The zero-order chi connectivity index (χ0) is 12.8. The van der Waals surface area contributed by atoms with Crippen LogP contribution in [0.25, 0.3) is 0 Å². The van der Waals surface area contributed by atoms with E-state index in [1.54, 1.807) is 0 Å². The van der Waals surface area contributed by atoms with E-state index in [9.17, 15) is 9.59 Å². The molecular formula is C8H11ClN4O3S. The lowest BCUT2D eigenvalue weighted by atomic mass is 10.6. The standard InChI is InChI=1S/C8H11ClN4O3S/c1-16-6(14)4-5(9)13-8(17-4)12-3-2-11-7(10)15/h2-3H2,1H3,(H,12,13)(H3,10,11,15). The normalized spacial score (nSPS) is 9.76. The highest BCUT2D eigenvalue weighted by Gasteiger charge is 2.16. The van der Waals surface area contributed by atoms with Crippen LogP contribution in [0.15, 0.2) is 0 Å². The Hall–Kier alpha value is -1.54. The van der Waals surface area contributed by atoms with Gasteiger partial charge in [-0.2, -0.15) is 0 Å². The van der Waals surface area contributed by atoms with Crippen molar-refractivity contribution >= 4 is 40.1 Å². The second-order valence-corrected chi connectivity index (χ2v) is 4.21. The van der Waals surface area contributed by atoms with Gasteiger partial charge in [-0.15, -0.1) is 0 Å². The van der Waals surface area contributed by atoms with Crippen molar-refractivity contribution < 1.29 is 14.3 Å². The van der Waals surface area contributed by atoms with Gasteiger partial charge in [0.2, 0.25) is 0 Å². The molecule has 0 unspecified atom stereocenters. The molecule has 1 aromatic heterocycles. The maximum Gasteiger partial charge on any atom is 0.351 e. The van der Waals surface area contributed by atoms with Crippen molar-refractivity contribution in [2.24, 2.45) is 5.73 Å². The van der Waals surface area contributed by atoms with Gasteiger partial charge in [-0.1, -0.05) is 22.9 Å².